The van der Waals surface area contributed by atoms with E-state index in [1.807, 2.05) is 6.92 Å². The lowest BCUT2D eigenvalue weighted by molar-refractivity contribution is -0.543. The van der Waals surface area contributed by atoms with Crippen molar-refractivity contribution < 1.29 is 26.6 Å². The molecule has 7 heteroatoms. The highest BCUT2D eigenvalue weighted by atomic mass is 19.5. The van der Waals surface area contributed by atoms with E-state index in [1.54, 1.807) is 0 Å². The van der Waals surface area contributed by atoms with Gasteiger partial charge in [0.05, 0.1) is 13.0 Å². The molecule has 0 unspecified atom stereocenters. The number of nitrogens with zero attached hydrogens (tertiary/aromatic N) is 1. The topological polar surface area (TPSA) is 12.2 Å². The highest BCUT2D eigenvalue weighted by molar-refractivity contribution is 6.50. The number of hydrogen-bond acceptors (Lipinski definition) is 1. The van der Waals surface area contributed by atoms with E-state index in [-0.39, 0.29) is 0 Å². The van der Waals surface area contributed by atoms with Gasteiger partial charge >= 0.3 is 13.2 Å². The average Bonchev–Trinajstić information content (AvgIpc) is 2.76. The Hall–Kier alpha value is -1.53. The average molecular weight is 291 g/mol. The van der Waals surface area contributed by atoms with Crippen LogP contribution in [0.4, 0.5) is 17.3 Å². The van der Waals surface area contributed by atoms with E-state index < -0.39 is 7.25 Å². The molecule has 2 rings (SSSR count). The summed E-state index contributed by atoms with van der Waals surface area (Å²) in [5.41, 5.74) is 1.36. The van der Waals surface area contributed by atoms with Crippen LogP contribution >= 0.6 is 0 Å². The van der Waals surface area contributed by atoms with Gasteiger partial charge in [-0.2, -0.15) is 4.58 Å². The van der Waals surface area contributed by atoms with Crippen LogP contribution < -0.4 is 0 Å². The van der Waals surface area contributed by atoms with E-state index >= 15 is 0 Å². The summed E-state index contributed by atoms with van der Waals surface area (Å²) in [6.45, 7) is 4.94. The van der Waals surface area contributed by atoms with Crippen molar-refractivity contribution in [2.45, 2.75) is 26.3 Å². The van der Waals surface area contributed by atoms with Crippen LogP contribution in [0.1, 0.15) is 25.3 Å². The smallest absolute Gasteiger partial charge is 0.448 e. The standard InChI is InChI=1S/C13H18NO.BF4/c1-2-15-13-9-6-10-14(13)11-12-7-4-3-5-8-12;2-1(3,4)5/h3-5,7-8H,2,6,9-11H2,1H3;/q+1;-1. The second kappa shape index (κ2) is 7.92. The molecule has 0 N–H and O–H groups in total. The molecule has 20 heavy (non-hydrogen) atoms. The van der Waals surface area contributed by atoms with Crippen molar-refractivity contribution in [1.82, 2.24) is 0 Å². The van der Waals surface area contributed by atoms with Gasteiger partial charge in [-0.05, 0) is 6.92 Å². The van der Waals surface area contributed by atoms with Crippen LogP contribution in [0.15, 0.2) is 30.3 Å². The number of benzene rings is 1. The molecule has 0 aliphatic carbocycles. The molecule has 0 fully saturated rings. The van der Waals surface area contributed by atoms with Crippen LogP contribution in [-0.2, 0) is 11.3 Å². The minimum absolute atomic E-state index is 0.778. The zero-order valence-corrected chi connectivity index (χ0v) is 11.4. The molecule has 112 valence electrons. The van der Waals surface area contributed by atoms with Gasteiger partial charge in [-0.25, -0.2) is 0 Å². The minimum Gasteiger partial charge on any atom is -0.448 e. The molecule has 1 aromatic carbocycles. The van der Waals surface area contributed by atoms with E-state index in [2.05, 4.69) is 34.9 Å². The van der Waals surface area contributed by atoms with Crippen molar-refractivity contribution in [2.75, 3.05) is 13.2 Å². The Kier molecular flexibility index (Phi) is 6.54. The summed E-state index contributed by atoms with van der Waals surface area (Å²) in [7, 11) is -6.00. The summed E-state index contributed by atoms with van der Waals surface area (Å²) in [5, 5.41) is 0. The maximum absolute atomic E-state index is 9.75. The predicted octanol–water partition coefficient (Wildman–Crippen LogP) is 3.73. The highest BCUT2D eigenvalue weighted by Crippen LogP contribution is 2.10. The van der Waals surface area contributed by atoms with Crippen molar-refractivity contribution in [3.8, 4) is 0 Å². The summed E-state index contributed by atoms with van der Waals surface area (Å²) in [6.07, 6.45) is 2.32. The molecule has 1 heterocycles. The molecule has 0 saturated heterocycles. The van der Waals surface area contributed by atoms with Crippen LogP contribution in [0.2, 0.25) is 0 Å². The van der Waals surface area contributed by atoms with Gasteiger partial charge in [-0.15, -0.1) is 0 Å². The van der Waals surface area contributed by atoms with Gasteiger partial charge in [-0.1, -0.05) is 30.3 Å². The van der Waals surface area contributed by atoms with Crippen molar-refractivity contribution in [1.29, 1.82) is 0 Å². The Morgan fingerprint density at radius 1 is 1.15 bits per heavy atom. The first-order chi connectivity index (χ1) is 9.40. The molecule has 2 nitrogen and oxygen atoms in total. The summed E-state index contributed by atoms with van der Waals surface area (Å²) in [5.74, 6) is 1.17. The first-order valence-electron chi connectivity index (χ1n) is 6.55. The lowest BCUT2D eigenvalue weighted by Crippen LogP contribution is -2.17. The van der Waals surface area contributed by atoms with Gasteiger partial charge in [0.1, 0.15) is 6.54 Å². The third-order valence-electron chi connectivity index (χ3n) is 2.70. The van der Waals surface area contributed by atoms with Gasteiger partial charge in [0.25, 0.3) is 0 Å². The van der Waals surface area contributed by atoms with Gasteiger partial charge in [0, 0.05) is 12.0 Å². The van der Waals surface area contributed by atoms with Crippen molar-refractivity contribution in [3.05, 3.63) is 35.9 Å². The minimum atomic E-state index is -6.00. The van der Waals surface area contributed by atoms with E-state index in [9.17, 15) is 17.3 Å². The van der Waals surface area contributed by atoms with Crippen LogP contribution in [0.25, 0.3) is 0 Å². The lowest BCUT2D eigenvalue weighted by atomic mass is 10.2. The SMILES string of the molecule is CCOC1=[N+](Cc2ccccc2)CCC1.F[B-](F)(F)F. The molecule has 0 saturated carbocycles. The Balaban J connectivity index is 0.000000347. The normalized spacial score (nSPS) is 14.8. The van der Waals surface area contributed by atoms with Gasteiger partial charge in [0.15, 0.2) is 6.54 Å². The molecule has 1 aromatic rings. The predicted molar refractivity (Wildman–Crippen MR) is 71.3 cm³/mol. The first-order valence-corrected chi connectivity index (χ1v) is 6.55. The maximum atomic E-state index is 9.75. The van der Waals surface area contributed by atoms with Crippen molar-refractivity contribution >= 4 is 13.2 Å². The number of hydrogen-bond donors (Lipinski definition) is 0. The molecule has 0 atom stereocenters. The summed E-state index contributed by atoms with van der Waals surface area (Å²) >= 11 is 0. The lowest BCUT2D eigenvalue weighted by Gasteiger charge is -2.02. The van der Waals surface area contributed by atoms with Crippen LogP contribution in [-0.4, -0.2) is 30.9 Å². The zero-order chi connectivity index (χ0) is 15.0. The Labute approximate surface area is 116 Å². The van der Waals surface area contributed by atoms with Crippen molar-refractivity contribution in [2.24, 2.45) is 0 Å². The maximum Gasteiger partial charge on any atom is 0.673 e. The summed E-state index contributed by atoms with van der Waals surface area (Å²) in [4.78, 5) is 0. The van der Waals surface area contributed by atoms with E-state index in [0.717, 1.165) is 26.1 Å². The van der Waals surface area contributed by atoms with E-state index in [4.69, 9.17) is 4.74 Å². The molecular formula is C13H18BF4NO. The number of halogens is 4. The molecule has 0 bridgehead atoms. The Morgan fingerprint density at radius 3 is 2.30 bits per heavy atom. The number of ether oxygens (including phenoxy) is 1. The molecule has 0 radical (unpaired) electrons. The van der Waals surface area contributed by atoms with Gasteiger partial charge in [0.2, 0.25) is 0 Å². The fourth-order valence-corrected chi connectivity index (χ4v) is 2.01. The third kappa shape index (κ3) is 7.16. The molecule has 0 spiro atoms. The fourth-order valence-electron chi connectivity index (χ4n) is 2.01. The summed E-state index contributed by atoms with van der Waals surface area (Å²) < 4.78 is 47.0. The van der Waals surface area contributed by atoms with Crippen LogP contribution in [0.5, 0.6) is 0 Å². The van der Waals surface area contributed by atoms with Crippen LogP contribution in [0, 0.1) is 0 Å². The second-order valence-electron chi connectivity index (χ2n) is 4.33. The highest BCUT2D eigenvalue weighted by Gasteiger charge is 2.23. The molecule has 1 aliphatic rings. The van der Waals surface area contributed by atoms with E-state index in [1.165, 1.54) is 17.9 Å². The molecule has 0 aromatic heterocycles. The fraction of sp³-hybridized carbons (Fsp3) is 0.462. The van der Waals surface area contributed by atoms with E-state index in [0.29, 0.717) is 0 Å². The Bertz CT molecular complexity index is 428. The van der Waals surface area contributed by atoms with Gasteiger partial charge < -0.3 is 22.0 Å². The second-order valence-corrected chi connectivity index (χ2v) is 4.33. The Morgan fingerprint density at radius 2 is 1.75 bits per heavy atom. The third-order valence-corrected chi connectivity index (χ3v) is 2.70. The largest absolute Gasteiger partial charge is 0.673 e. The first kappa shape index (κ1) is 16.5. The molecular weight excluding hydrogens is 273 g/mol. The van der Waals surface area contributed by atoms with Crippen LogP contribution in [0.3, 0.4) is 0 Å². The molecule has 1 aliphatic heterocycles. The summed E-state index contributed by atoms with van der Waals surface area (Å²) in [6, 6.07) is 10.6. The zero-order valence-electron chi connectivity index (χ0n) is 11.4. The monoisotopic (exact) mass is 291 g/mol. The quantitative estimate of drug-likeness (QED) is 0.469. The molecule has 0 amide bonds. The van der Waals surface area contributed by atoms with Crippen molar-refractivity contribution in [3.63, 3.8) is 0 Å². The van der Waals surface area contributed by atoms with Gasteiger partial charge in [-0.3, -0.25) is 0 Å². The number of rotatable bonds is 3.